The van der Waals surface area contributed by atoms with E-state index in [0.717, 1.165) is 67.3 Å². The minimum Gasteiger partial charge on any atom is -0.446 e. The molecule has 3 heterocycles. The highest BCUT2D eigenvalue weighted by Gasteiger charge is 2.19. The van der Waals surface area contributed by atoms with Crippen molar-refractivity contribution in [2.75, 3.05) is 31.5 Å². The molecule has 0 spiro atoms. The number of rotatable bonds is 6. The highest BCUT2D eigenvalue weighted by Crippen LogP contribution is 2.23. The number of imidazole rings is 1. The predicted octanol–water partition coefficient (Wildman–Crippen LogP) is 2.29. The molecule has 3 aromatic rings. The number of aromatic amines is 1. The number of benzene rings is 1. The van der Waals surface area contributed by atoms with Gasteiger partial charge in [-0.25, -0.2) is 9.97 Å². The van der Waals surface area contributed by atoms with Gasteiger partial charge in [0.2, 0.25) is 5.95 Å². The summed E-state index contributed by atoms with van der Waals surface area (Å²) in [6, 6.07) is 6.65. The van der Waals surface area contributed by atoms with E-state index in [9.17, 15) is 0 Å². The number of nitrogens with two attached hydrogens (primary N) is 1. The number of piperidine rings is 1. The number of nitrogens with zero attached hydrogens (tertiary/aromatic N) is 3. The quantitative estimate of drug-likeness (QED) is 0.628. The highest BCUT2D eigenvalue weighted by molar-refractivity contribution is 5.81. The number of anilines is 1. The SMILES string of the molecule is Cc1ncc(Cc2cccc3[nH]c(NC4CCN(CCN)CC4)nc23)o1. The number of hydrogen-bond acceptors (Lipinski definition) is 6. The molecule has 0 bridgehead atoms. The van der Waals surface area contributed by atoms with Gasteiger partial charge in [-0.05, 0) is 24.5 Å². The zero-order chi connectivity index (χ0) is 17.9. The molecule has 4 rings (SSSR count). The number of H-pyrrole nitrogens is 1. The van der Waals surface area contributed by atoms with Gasteiger partial charge in [0.1, 0.15) is 5.76 Å². The zero-order valence-corrected chi connectivity index (χ0v) is 15.2. The van der Waals surface area contributed by atoms with Crippen molar-refractivity contribution in [3.8, 4) is 0 Å². The van der Waals surface area contributed by atoms with Crippen LogP contribution in [0, 0.1) is 6.92 Å². The fraction of sp³-hybridized carbons (Fsp3) is 0.474. The monoisotopic (exact) mass is 354 g/mol. The molecule has 0 amide bonds. The predicted molar refractivity (Wildman–Crippen MR) is 102 cm³/mol. The fourth-order valence-electron chi connectivity index (χ4n) is 3.65. The van der Waals surface area contributed by atoms with Crippen LogP contribution in [0.25, 0.3) is 11.0 Å². The summed E-state index contributed by atoms with van der Waals surface area (Å²) in [4.78, 5) is 14.8. The van der Waals surface area contributed by atoms with E-state index in [0.29, 0.717) is 18.4 Å². The van der Waals surface area contributed by atoms with Crippen LogP contribution in [0.15, 0.2) is 28.8 Å². The van der Waals surface area contributed by atoms with Gasteiger partial charge in [-0.2, -0.15) is 0 Å². The van der Waals surface area contributed by atoms with Gasteiger partial charge < -0.3 is 25.4 Å². The summed E-state index contributed by atoms with van der Waals surface area (Å²) in [6.45, 7) is 5.76. The lowest BCUT2D eigenvalue weighted by atomic mass is 10.1. The molecule has 1 aliphatic heterocycles. The maximum absolute atomic E-state index is 5.65. The summed E-state index contributed by atoms with van der Waals surface area (Å²) in [7, 11) is 0. The Balaban J connectivity index is 1.47. The molecule has 0 unspecified atom stereocenters. The van der Waals surface area contributed by atoms with Crippen LogP contribution in [-0.4, -0.2) is 52.1 Å². The number of hydrogen-bond donors (Lipinski definition) is 3. The number of nitrogens with one attached hydrogen (secondary N) is 2. The standard InChI is InChI=1S/C19H26N6O/c1-13-21-12-16(26-13)11-14-3-2-4-17-18(14)24-19(23-17)22-15-5-8-25(9-6-15)10-7-20/h2-4,12,15H,5-11,20H2,1H3,(H2,22,23,24). The van der Waals surface area contributed by atoms with Crippen molar-refractivity contribution in [1.29, 1.82) is 0 Å². The van der Waals surface area contributed by atoms with Crippen LogP contribution in [0.3, 0.4) is 0 Å². The topological polar surface area (TPSA) is 96.0 Å². The van der Waals surface area contributed by atoms with Crippen molar-refractivity contribution >= 4 is 17.0 Å². The highest BCUT2D eigenvalue weighted by atomic mass is 16.3. The molecule has 1 fully saturated rings. The van der Waals surface area contributed by atoms with Crippen LogP contribution in [0.2, 0.25) is 0 Å². The third-order valence-electron chi connectivity index (χ3n) is 5.00. The van der Waals surface area contributed by atoms with Crippen molar-refractivity contribution in [2.24, 2.45) is 5.73 Å². The number of likely N-dealkylation sites (tertiary alicyclic amines) is 1. The van der Waals surface area contributed by atoms with Crippen LogP contribution in [0.5, 0.6) is 0 Å². The first kappa shape index (κ1) is 17.1. The van der Waals surface area contributed by atoms with Gasteiger partial charge in [-0.1, -0.05) is 12.1 Å². The van der Waals surface area contributed by atoms with Crippen molar-refractivity contribution < 1.29 is 4.42 Å². The van der Waals surface area contributed by atoms with Crippen molar-refractivity contribution in [3.05, 3.63) is 41.6 Å². The Bertz CT molecular complexity index is 862. The van der Waals surface area contributed by atoms with Crippen LogP contribution in [-0.2, 0) is 6.42 Å². The molecule has 1 aromatic carbocycles. The van der Waals surface area contributed by atoms with E-state index in [4.69, 9.17) is 15.1 Å². The van der Waals surface area contributed by atoms with Gasteiger partial charge in [0.05, 0.1) is 17.2 Å². The molecule has 7 nitrogen and oxygen atoms in total. The molecule has 2 aromatic heterocycles. The summed E-state index contributed by atoms with van der Waals surface area (Å²) in [5.74, 6) is 2.40. The average Bonchev–Trinajstić information content (AvgIpc) is 3.23. The van der Waals surface area contributed by atoms with Crippen LogP contribution in [0.4, 0.5) is 5.95 Å². The van der Waals surface area contributed by atoms with E-state index in [1.807, 2.05) is 13.0 Å². The first-order valence-corrected chi connectivity index (χ1v) is 9.29. The van der Waals surface area contributed by atoms with Gasteiger partial charge in [0.25, 0.3) is 0 Å². The average molecular weight is 354 g/mol. The summed E-state index contributed by atoms with van der Waals surface area (Å²) in [5, 5.41) is 3.57. The number of aryl methyl sites for hydroxylation is 1. The van der Waals surface area contributed by atoms with Crippen LogP contribution < -0.4 is 11.1 Å². The lowest BCUT2D eigenvalue weighted by Gasteiger charge is -2.31. The summed E-state index contributed by atoms with van der Waals surface area (Å²) in [6.07, 6.45) is 4.71. The maximum atomic E-state index is 5.65. The first-order valence-electron chi connectivity index (χ1n) is 9.29. The molecular weight excluding hydrogens is 328 g/mol. The Morgan fingerprint density at radius 1 is 1.35 bits per heavy atom. The third-order valence-corrected chi connectivity index (χ3v) is 5.00. The number of aromatic nitrogens is 3. The number of oxazole rings is 1. The second kappa shape index (κ2) is 7.47. The molecule has 0 radical (unpaired) electrons. The molecule has 1 saturated heterocycles. The minimum atomic E-state index is 0.449. The maximum Gasteiger partial charge on any atom is 0.201 e. The van der Waals surface area contributed by atoms with E-state index >= 15 is 0 Å². The summed E-state index contributed by atoms with van der Waals surface area (Å²) < 4.78 is 5.62. The lowest BCUT2D eigenvalue weighted by Crippen LogP contribution is -2.41. The molecule has 0 saturated carbocycles. The van der Waals surface area contributed by atoms with Crippen LogP contribution >= 0.6 is 0 Å². The molecule has 0 atom stereocenters. The van der Waals surface area contributed by atoms with Crippen molar-refractivity contribution in [2.45, 2.75) is 32.2 Å². The van der Waals surface area contributed by atoms with Gasteiger partial charge in [0, 0.05) is 45.6 Å². The van der Waals surface area contributed by atoms with Gasteiger partial charge in [0.15, 0.2) is 5.89 Å². The Morgan fingerprint density at radius 2 is 2.19 bits per heavy atom. The molecule has 26 heavy (non-hydrogen) atoms. The largest absolute Gasteiger partial charge is 0.446 e. The zero-order valence-electron chi connectivity index (χ0n) is 15.2. The second-order valence-electron chi connectivity index (χ2n) is 6.97. The molecule has 4 N–H and O–H groups in total. The minimum absolute atomic E-state index is 0.449. The Kier molecular flexibility index (Phi) is 4.90. The van der Waals surface area contributed by atoms with Crippen molar-refractivity contribution in [1.82, 2.24) is 19.9 Å². The van der Waals surface area contributed by atoms with Gasteiger partial charge in [-0.3, -0.25) is 0 Å². The lowest BCUT2D eigenvalue weighted by molar-refractivity contribution is 0.224. The van der Waals surface area contributed by atoms with E-state index in [1.165, 1.54) is 0 Å². The number of fused-ring (bicyclic) bond motifs is 1. The fourth-order valence-corrected chi connectivity index (χ4v) is 3.65. The van der Waals surface area contributed by atoms with E-state index in [1.54, 1.807) is 6.20 Å². The Morgan fingerprint density at radius 3 is 2.92 bits per heavy atom. The van der Waals surface area contributed by atoms with E-state index in [-0.39, 0.29) is 0 Å². The normalized spacial score (nSPS) is 16.4. The third kappa shape index (κ3) is 3.73. The second-order valence-corrected chi connectivity index (χ2v) is 6.97. The van der Waals surface area contributed by atoms with Gasteiger partial charge >= 0.3 is 0 Å². The summed E-state index contributed by atoms with van der Waals surface area (Å²) in [5.41, 5.74) is 8.82. The molecular formula is C19H26N6O. The van der Waals surface area contributed by atoms with Gasteiger partial charge in [-0.15, -0.1) is 0 Å². The molecule has 0 aliphatic carbocycles. The molecule has 7 heteroatoms. The Hall–Kier alpha value is -2.38. The smallest absolute Gasteiger partial charge is 0.201 e. The van der Waals surface area contributed by atoms with Crippen LogP contribution in [0.1, 0.15) is 30.1 Å². The Labute approximate surface area is 153 Å². The van der Waals surface area contributed by atoms with Crippen molar-refractivity contribution in [3.63, 3.8) is 0 Å². The molecule has 1 aliphatic rings. The van der Waals surface area contributed by atoms with E-state index < -0.39 is 0 Å². The van der Waals surface area contributed by atoms with E-state index in [2.05, 4.69) is 32.3 Å². The number of para-hydroxylation sites is 1. The summed E-state index contributed by atoms with van der Waals surface area (Å²) >= 11 is 0. The molecule has 138 valence electrons. The first-order chi connectivity index (χ1) is 12.7.